The Bertz CT molecular complexity index is 187. The molecular formula is C7H15N3O2S. The second kappa shape index (κ2) is 6.73. The van der Waals surface area contributed by atoms with Crippen molar-refractivity contribution in [1.82, 2.24) is 16.0 Å². The lowest BCUT2D eigenvalue weighted by atomic mass is 10.3. The molecule has 0 rings (SSSR count). The van der Waals surface area contributed by atoms with E-state index in [1.54, 1.807) is 7.05 Å². The molecule has 0 spiro atoms. The normalized spacial score (nSPS) is 11.9. The molecule has 0 aliphatic carbocycles. The van der Waals surface area contributed by atoms with Crippen LogP contribution in [0, 0.1) is 0 Å². The van der Waals surface area contributed by atoms with Crippen LogP contribution in [0.4, 0.5) is 0 Å². The third-order valence-corrected chi connectivity index (χ3v) is 1.78. The lowest BCUT2D eigenvalue weighted by Crippen LogP contribution is -2.48. The van der Waals surface area contributed by atoms with Crippen molar-refractivity contribution in [1.29, 1.82) is 0 Å². The average molecular weight is 205 g/mol. The van der Waals surface area contributed by atoms with Crippen molar-refractivity contribution >= 4 is 24.4 Å². The van der Waals surface area contributed by atoms with Crippen LogP contribution in [0.15, 0.2) is 0 Å². The zero-order chi connectivity index (χ0) is 10.3. The van der Waals surface area contributed by atoms with Gasteiger partial charge in [-0.3, -0.25) is 9.59 Å². The lowest BCUT2D eigenvalue weighted by molar-refractivity contribution is -0.127. The van der Waals surface area contributed by atoms with Crippen LogP contribution in [0.2, 0.25) is 0 Å². The Balaban J connectivity index is 3.97. The van der Waals surface area contributed by atoms with Crippen LogP contribution in [0.3, 0.4) is 0 Å². The minimum absolute atomic E-state index is 0.196. The number of amides is 2. The summed E-state index contributed by atoms with van der Waals surface area (Å²) >= 11 is 3.96. The summed E-state index contributed by atoms with van der Waals surface area (Å²) in [6, 6.07) is -0.561. The van der Waals surface area contributed by atoms with Crippen LogP contribution in [-0.2, 0) is 9.59 Å². The predicted molar refractivity (Wildman–Crippen MR) is 53.8 cm³/mol. The standard InChI is InChI=1S/C7H15N3O2S/c1-8-3-6(11)10-5(4-13)7(12)9-2/h5,8,13H,3-4H2,1-2H3,(H,9,12)(H,10,11). The van der Waals surface area contributed by atoms with Gasteiger partial charge in [0.2, 0.25) is 11.8 Å². The van der Waals surface area contributed by atoms with Crippen LogP contribution in [-0.4, -0.2) is 44.2 Å². The summed E-state index contributed by atoms with van der Waals surface area (Å²) in [5.41, 5.74) is 0. The highest BCUT2D eigenvalue weighted by molar-refractivity contribution is 7.80. The quantitative estimate of drug-likeness (QED) is 0.407. The lowest BCUT2D eigenvalue weighted by Gasteiger charge is -2.14. The van der Waals surface area contributed by atoms with Gasteiger partial charge in [0.05, 0.1) is 6.54 Å². The molecule has 76 valence electrons. The average Bonchev–Trinajstić information content (AvgIpc) is 2.13. The van der Waals surface area contributed by atoms with Crippen LogP contribution in [0.5, 0.6) is 0 Å². The molecule has 0 aromatic carbocycles. The summed E-state index contributed by atoms with van der Waals surface area (Å²) in [6.45, 7) is 0.196. The Morgan fingerprint density at radius 3 is 2.38 bits per heavy atom. The molecular weight excluding hydrogens is 190 g/mol. The van der Waals surface area contributed by atoms with Crippen molar-refractivity contribution < 1.29 is 9.59 Å². The molecule has 6 heteroatoms. The molecule has 1 atom stereocenters. The third kappa shape index (κ3) is 4.74. The van der Waals surface area contributed by atoms with Gasteiger partial charge < -0.3 is 16.0 Å². The van der Waals surface area contributed by atoms with Crippen molar-refractivity contribution in [2.24, 2.45) is 0 Å². The Kier molecular flexibility index (Phi) is 6.34. The maximum atomic E-state index is 11.1. The second-order valence-electron chi connectivity index (χ2n) is 2.45. The van der Waals surface area contributed by atoms with E-state index in [-0.39, 0.29) is 24.1 Å². The molecule has 5 nitrogen and oxygen atoms in total. The summed E-state index contributed by atoms with van der Waals surface area (Å²) in [5, 5.41) is 7.65. The van der Waals surface area contributed by atoms with Crippen molar-refractivity contribution in [3.8, 4) is 0 Å². The SMILES string of the molecule is CNCC(=O)NC(CS)C(=O)NC. The van der Waals surface area contributed by atoms with Gasteiger partial charge in [0.1, 0.15) is 6.04 Å². The smallest absolute Gasteiger partial charge is 0.243 e. The van der Waals surface area contributed by atoms with Gasteiger partial charge in [0.15, 0.2) is 0 Å². The molecule has 0 heterocycles. The van der Waals surface area contributed by atoms with Gasteiger partial charge in [-0.05, 0) is 7.05 Å². The molecule has 2 amide bonds. The van der Waals surface area contributed by atoms with Gasteiger partial charge in [-0.2, -0.15) is 12.6 Å². The molecule has 0 aliphatic heterocycles. The highest BCUT2D eigenvalue weighted by atomic mass is 32.1. The number of carbonyl (C=O) groups excluding carboxylic acids is 2. The molecule has 13 heavy (non-hydrogen) atoms. The van der Waals surface area contributed by atoms with Gasteiger partial charge in [-0.1, -0.05) is 0 Å². The minimum Gasteiger partial charge on any atom is -0.357 e. The van der Waals surface area contributed by atoms with Gasteiger partial charge in [-0.15, -0.1) is 0 Å². The van der Waals surface area contributed by atoms with E-state index >= 15 is 0 Å². The van der Waals surface area contributed by atoms with Crippen LogP contribution in [0.25, 0.3) is 0 Å². The molecule has 3 N–H and O–H groups in total. The van der Waals surface area contributed by atoms with E-state index in [9.17, 15) is 9.59 Å². The van der Waals surface area contributed by atoms with Crippen LogP contribution < -0.4 is 16.0 Å². The number of likely N-dealkylation sites (N-methyl/N-ethyl adjacent to an activating group) is 2. The summed E-state index contributed by atoms with van der Waals surface area (Å²) < 4.78 is 0. The van der Waals surface area contributed by atoms with Crippen molar-refractivity contribution in [2.45, 2.75) is 6.04 Å². The van der Waals surface area contributed by atoms with E-state index in [0.717, 1.165) is 0 Å². The number of rotatable bonds is 5. The van der Waals surface area contributed by atoms with Crippen LogP contribution >= 0.6 is 12.6 Å². The first-order valence-electron chi connectivity index (χ1n) is 3.92. The Morgan fingerprint density at radius 2 is 2.00 bits per heavy atom. The summed E-state index contributed by atoms with van der Waals surface area (Å²) in [7, 11) is 3.18. The number of hydrogen-bond donors (Lipinski definition) is 4. The first kappa shape index (κ1) is 12.2. The van der Waals surface area contributed by atoms with E-state index in [2.05, 4.69) is 28.6 Å². The predicted octanol–water partition coefficient (Wildman–Crippen LogP) is -1.63. The molecule has 0 saturated heterocycles. The van der Waals surface area contributed by atoms with E-state index in [1.165, 1.54) is 7.05 Å². The molecule has 0 bridgehead atoms. The zero-order valence-corrected chi connectivity index (χ0v) is 8.65. The van der Waals surface area contributed by atoms with Crippen LogP contribution in [0.1, 0.15) is 0 Å². The second-order valence-corrected chi connectivity index (χ2v) is 2.81. The minimum atomic E-state index is -0.561. The topological polar surface area (TPSA) is 70.2 Å². The van der Waals surface area contributed by atoms with E-state index in [1.807, 2.05) is 0 Å². The molecule has 0 aromatic rings. The highest BCUT2D eigenvalue weighted by Crippen LogP contribution is 1.87. The van der Waals surface area contributed by atoms with Gasteiger partial charge in [0, 0.05) is 12.8 Å². The summed E-state index contributed by atoms with van der Waals surface area (Å²) in [5.74, 6) is -0.167. The van der Waals surface area contributed by atoms with E-state index in [4.69, 9.17) is 0 Å². The summed E-state index contributed by atoms with van der Waals surface area (Å²) in [6.07, 6.45) is 0. The highest BCUT2D eigenvalue weighted by Gasteiger charge is 2.16. The van der Waals surface area contributed by atoms with Crippen molar-refractivity contribution in [3.63, 3.8) is 0 Å². The first-order chi connectivity index (χ1) is 6.15. The molecule has 0 aliphatic rings. The van der Waals surface area contributed by atoms with E-state index in [0.29, 0.717) is 0 Å². The van der Waals surface area contributed by atoms with Gasteiger partial charge in [-0.25, -0.2) is 0 Å². The van der Waals surface area contributed by atoms with Crippen molar-refractivity contribution in [3.05, 3.63) is 0 Å². The maximum Gasteiger partial charge on any atom is 0.243 e. The maximum absolute atomic E-state index is 11.1. The summed E-state index contributed by atoms with van der Waals surface area (Å²) in [4.78, 5) is 22.1. The first-order valence-corrected chi connectivity index (χ1v) is 4.55. The largest absolute Gasteiger partial charge is 0.357 e. The van der Waals surface area contributed by atoms with Gasteiger partial charge >= 0.3 is 0 Å². The number of nitrogens with one attached hydrogen (secondary N) is 3. The molecule has 1 unspecified atom stereocenters. The van der Waals surface area contributed by atoms with Gasteiger partial charge in [0.25, 0.3) is 0 Å². The number of hydrogen-bond acceptors (Lipinski definition) is 4. The molecule has 0 saturated carbocycles. The molecule has 0 fully saturated rings. The molecule has 0 radical (unpaired) electrons. The van der Waals surface area contributed by atoms with E-state index < -0.39 is 6.04 Å². The fourth-order valence-electron chi connectivity index (χ4n) is 0.774. The molecule has 0 aromatic heterocycles. The Hall–Kier alpha value is -0.750. The fourth-order valence-corrected chi connectivity index (χ4v) is 1.03. The fraction of sp³-hybridized carbons (Fsp3) is 0.714. The van der Waals surface area contributed by atoms with Crippen molar-refractivity contribution in [2.75, 3.05) is 26.4 Å². The third-order valence-electron chi connectivity index (χ3n) is 1.42. The monoisotopic (exact) mass is 205 g/mol. The zero-order valence-electron chi connectivity index (χ0n) is 7.76. The number of carbonyl (C=O) groups is 2. The Morgan fingerprint density at radius 1 is 1.38 bits per heavy atom. The number of thiol groups is 1. The Labute approximate surface area is 83.1 Å².